The van der Waals surface area contributed by atoms with Crippen molar-refractivity contribution in [2.24, 2.45) is 0 Å². The summed E-state index contributed by atoms with van der Waals surface area (Å²) < 4.78 is 26.8. The summed E-state index contributed by atoms with van der Waals surface area (Å²) >= 11 is 6.00. The van der Waals surface area contributed by atoms with Crippen molar-refractivity contribution in [1.82, 2.24) is 9.78 Å². The van der Waals surface area contributed by atoms with Crippen LogP contribution in [0.2, 0.25) is 5.02 Å². The number of nitrogens with two attached hydrogens (primary N) is 1. The Morgan fingerprint density at radius 2 is 2.00 bits per heavy atom. The van der Waals surface area contributed by atoms with Gasteiger partial charge in [0, 0.05) is 12.2 Å². The summed E-state index contributed by atoms with van der Waals surface area (Å²) in [6, 6.07) is 6.29. The lowest BCUT2D eigenvalue weighted by Gasteiger charge is -2.08. The molecule has 0 fully saturated rings. The third kappa shape index (κ3) is 3.39. The summed E-state index contributed by atoms with van der Waals surface area (Å²) in [5.41, 5.74) is 7.57. The monoisotopic (exact) mass is 327 g/mol. The Bertz CT molecular complexity index is 754. The van der Waals surface area contributed by atoms with Gasteiger partial charge in [-0.15, -0.1) is 0 Å². The van der Waals surface area contributed by atoms with Gasteiger partial charge in [-0.25, -0.2) is 8.42 Å². The zero-order valence-corrected chi connectivity index (χ0v) is 13.6. The van der Waals surface area contributed by atoms with E-state index in [9.17, 15) is 8.42 Å². The Morgan fingerprint density at radius 3 is 2.62 bits per heavy atom. The van der Waals surface area contributed by atoms with Crippen LogP contribution in [0.15, 0.2) is 29.2 Å². The maximum absolute atomic E-state index is 12.6. The molecular formula is C14H18ClN3O2S. The van der Waals surface area contributed by atoms with Crippen LogP contribution < -0.4 is 5.73 Å². The van der Waals surface area contributed by atoms with Crippen LogP contribution in [0.25, 0.3) is 0 Å². The van der Waals surface area contributed by atoms with Gasteiger partial charge < -0.3 is 5.73 Å². The Hall–Kier alpha value is -1.53. The zero-order valence-electron chi connectivity index (χ0n) is 12.0. The molecule has 0 bridgehead atoms. The minimum Gasteiger partial charge on any atom is -0.399 e. The number of aromatic nitrogens is 2. The average Bonchev–Trinajstić information content (AvgIpc) is 2.82. The highest BCUT2D eigenvalue weighted by molar-refractivity contribution is 7.90. The maximum Gasteiger partial charge on any atom is 0.185 e. The van der Waals surface area contributed by atoms with E-state index in [2.05, 4.69) is 5.10 Å². The summed E-state index contributed by atoms with van der Waals surface area (Å²) in [6.45, 7) is 4.53. The van der Waals surface area contributed by atoms with Crippen molar-refractivity contribution in [3.8, 4) is 0 Å². The lowest BCUT2D eigenvalue weighted by Crippen LogP contribution is -2.11. The molecule has 0 spiro atoms. The molecule has 0 atom stereocenters. The topological polar surface area (TPSA) is 78.0 Å². The van der Waals surface area contributed by atoms with E-state index in [-0.39, 0.29) is 15.7 Å². The molecule has 0 amide bonds. The second-order valence-electron chi connectivity index (χ2n) is 4.75. The van der Waals surface area contributed by atoms with Crippen molar-refractivity contribution < 1.29 is 8.42 Å². The highest BCUT2D eigenvalue weighted by atomic mass is 35.5. The van der Waals surface area contributed by atoms with Crippen LogP contribution in [-0.2, 0) is 28.6 Å². The van der Waals surface area contributed by atoms with E-state index in [0.29, 0.717) is 17.9 Å². The minimum absolute atomic E-state index is 0.0612. The van der Waals surface area contributed by atoms with Crippen LogP contribution >= 0.6 is 11.6 Å². The summed E-state index contributed by atoms with van der Waals surface area (Å²) in [5.74, 6) is -0.142. The zero-order chi connectivity index (χ0) is 15.6. The number of rotatable bonds is 5. The van der Waals surface area contributed by atoms with Gasteiger partial charge in [0.25, 0.3) is 0 Å². The van der Waals surface area contributed by atoms with Crippen LogP contribution in [0, 0.1) is 0 Å². The SMILES string of the molecule is CCc1cc(CS(=O)(=O)c2cc(N)ccc2Cl)n(CC)n1. The van der Waals surface area contributed by atoms with E-state index in [1.807, 2.05) is 19.9 Å². The van der Waals surface area contributed by atoms with Gasteiger partial charge in [-0.2, -0.15) is 5.10 Å². The smallest absolute Gasteiger partial charge is 0.185 e. The molecule has 2 aromatic rings. The summed E-state index contributed by atoms with van der Waals surface area (Å²) in [5, 5.41) is 4.54. The predicted octanol–water partition coefficient (Wildman–Crippen LogP) is 2.67. The second kappa shape index (κ2) is 6.07. The van der Waals surface area contributed by atoms with Gasteiger partial charge in [-0.1, -0.05) is 18.5 Å². The molecule has 2 rings (SSSR count). The number of aryl methyl sites for hydroxylation is 2. The number of halogens is 1. The fraction of sp³-hybridized carbons (Fsp3) is 0.357. The number of nitrogens with zero attached hydrogens (tertiary/aromatic N) is 2. The first-order valence-corrected chi connectivity index (χ1v) is 8.73. The molecule has 7 heteroatoms. The molecule has 0 saturated heterocycles. The third-order valence-corrected chi connectivity index (χ3v) is 5.33. The van der Waals surface area contributed by atoms with Gasteiger partial charge in [0.1, 0.15) is 0 Å². The fourth-order valence-corrected chi connectivity index (χ4v) is 4.04. The molecular weight excluding hydrogens is 310 g/mol. The molecule has 1 aromatic carbocycles. The predicted molar refractivity (Wildman–Crippen MR) is 84.0 cm³/mol. The summed E-state index contributed by atoms with van der Waals surface area (Å²) in [6.07, 6.45) is 0.763. The number of benzene rings is 1. The maximum atomic E-state index is 12.6. The normalized spacial score (nSPS) is 11.8. The van der Waals surface area contributed by atoms with E-state index >= 15 is 0 Å². The van der Waals surface area contributed by atoms with Crippen LogP contribution in [-0.4, -0.2) is 18.2 Å². The lowest BCUT2D eigenvalue weighted by molar-refractivity contribution is 0.585. The average molecular weight is 328 g/mol. The van der Waals surface area contributed by atoms with Gasteiger partial charge in [0.15, 0.2) is 9.84 Å². The number of nitrogen functional groups attached to an aromatic ring is 1. The van der Waals surface area contributed by atoms with E-state index in [1.54, 1.807) is 10.7 Å². The number of hydrogen-bond donors (Lipinski definition) is 1. The van der Waals surface area contributed by atoms with E-state index in [0.717, 1.165) is 12.1 Å². The fourth-order valence-electron chi connectivity index (χ4n) is 2.11. The molecule has 0 saturated carbocycles. The molecule has 0 aliphatic heterocycles. The number of hydrogen-bond acceptors (Lipinski definition) is 4. The van der Waals surface area contributed by atoms with Gasteiger partial charge in [0.05, 0.1) is 27.1 Å². The van der Waals surface area contributed by atoms with Crippen LogP contribution in [0.4, 0.5) is 5.69 Å². The molecule has 1 aromatic heterocycles. The molecule has 5 nitrogen and oxygen atoms in total. The van der Waals surface area contributed by atoms with Gasteiger partial charge in [0.2, 0.25) is 0 Å². The molecule has 2 N–H and O–H groups in total. The molecule has 0 aliphatic carbocycles. The first-order valence-electron chi connectivity index (χ1n) is 6.70. The Labute approximate surface area is 129 Å². The van der Waals surface area contributed by atoms with Gasteiger partial charge >= 0.3 is 0 Å². The van der Waals surface area contributed by atoms with Crippen molar-refractivity contribution in [1.29, 1.82) is 0 Å². The van der Waals surface area contributed by atoms with Crippen LogP contribution in [0.5, 0.6) is 0 Å². The molecule has 1 heterocycles. The quantitative estimate of drug-likeness (QED) is 0.856. The highest BCUT2D eigenvalue weighted by Crippen LogP contribution is 2.27. The Morgan fingerprint density at radius 1 is 1.29 bits per heavy atom. The Kier molecular flexibility index (Phi) is 4.58. The van der Waals surface area contributed by atoms with Crippen molar-refractivity contribution >= 4 is 27.1 Å². The molecule has 0 aliphatic rings. The second-order valence-corrected chi connectivity index (χ2v) is 7.11. The van der Waals surface area contributed by atoms with Gasteiger partial charge in [-0.3, -0.25) is 4.68 Å². The first kappa shape index (κ1) is 15.9. The molecule has 0 unspecified atom stereocenters. The largest absolute Gasteiger partial charge is 0.399 e. The third-order valence-electron chi connectivity index (χ3n) is 3.20. The van der Waals surface area contributed by atoms with Crippen molar-refractivity contribution in [3.63, 3.8) is 0 Å². The molecule has 114 valence electrons. The van der Waals surface area contributed by atoms with E-state index < -0.39 is 9.84 Å². The molecule has 0 radical (unpaired) electrons. The Balaban J connectivity index is 2.42. The summed E-state index contributed by atoms with van der Waals surface area (Å²) in [4.78, 5) is 0.0612. The summed E-state index contributed by atoms with van der Waals surface area (Å²) in [7, 11) is -3.57. The number of sulfone groups is 1. The van der Waals surface area contributed by atoms with Crippen LogP contribution in [0.3, 0.4) is 0 Å². The standard InChI is InChI=1S/C14H18ClN3O2S/c1-3-11-8-12(18(4-2)17-11)9-21(19,20)14-7-10(16)5-6-13(14)15/h5-8H,3-4,9,16H2,1-2H3. The lowest BCUT2D eigenvalue weighted by atomic mass is 10.3. The highest BCUT2D eigenvalue weighted by Gasteiger charge is 2.21. The first-order chi connectivity index (χ1) is 9.87. The van der Waals surface area contributed by atoms with Crippen LogP contribution in [0.1, 0.15) is 25.2 Å². The van der Waals surface area contributed by atoms with E-state index in [1.165, 1.54) is 12.1 Å². The van der Waals surface area contributed by atoms with Crippen molar-refractivity contribution in [3.05, 3.63) is 40.7 Å². The molecule has 21 heavy (non-hydrogen) atoms. The van der Waals surface area contributed by atoms with Crippen molar-refractivity contribution in [2.75, 3.05) is 5.73 Å². The van der Waals surface area contributed by atoms with Gasteiger partial charge in [-0.05, 0) is 37.6 Å². The minimum atomic E-state index is -3.57. The van der Waals surface area contributed by atoms with E-state index in [4.69, 9.17) is 17.3 Å². The number of anilines is 1. The van der Waals surface area contributed by atoms with Crippen molar-refractivity contribution in [2.45, 2.75) is 37.5 Å².